The molecule has 0 saturated carbocycles. The van der Waals surface area contributed by atoms with Gasteiger partial charge in [-0.25, -0.2) is 0 Å². The monoisotopic (exact) mass is 494 g/mol. The van der Waals surface area contributed by atoms with Crippen LogP contribution in [0.15, 0.2) is 58.3 Å². The zero-order chi connectivity index (χ0) is 22.7. The highest BCUT2D eigenvalue weighted by atomic mass is 79.9. The average Bonchev–Trinajstić information content (AvgIpc) is 2.79. The molecule has 7 heteroatoms. The number of halogens is 1. The van der Waals surface area contributed by atoms with Crippen LogP contribution in [0.4, 0.5) is 0 Å². The molecule has 2 unspecified atom stereocenters. The first kappa shape index (κ1) is 22.1. The van der Waals surface area contributed by atoms with Crippen LogP contribution in [0.3, 0.4) is 0 Å². The first-order valence-electron chi connectivity index (χ1n) is 10.6. The van der Waals surface area contributed by atoms with Crippen LogP contribution in [-0.4, -0.2) is 18.3 Å². The Morgan fingerprint density at radius 2 is 1.94 bits per heavy atom. The molecule has 0 saturated heterocycles. The minimum atomic E-state index is -0.891. The van der Waals surface area contributed by atoms with Crippen molar-refractivity contribution in [2.24, 2.45) is 5.92 Å². The summed E-state index contributed by atoms with van der Waals surface area (Å²) in [6, 6.07) is 15.6. The maximum Gasteiger partial charge on any atom is 0.205 e. The lowest BCUT2D eigenvalue weighted by Crippen LogP contribution is -2.34. The molecular formula is C25H23BrN2O4. The van der Waals surface area contributed by atoms with E-state index in [1.54, 1.807) is 0 Å². The minimum Gasteiger partial charge on any atom is -0.490 e. The third kappa shape index (κ3) is 4.28. The highest BCUT2D eigenvalue weighted by molar-refractivity contribution is 9.10. The van der Waals surface area contributed by atoms with Crippen molar-refractivity contribution in [1.82, 2.24) is 0 Å². The number of rotatable bonds is 6. The first-order chi connectivity index (χ1) is 15.5. The Bertz CT molecular complexity index is 1120. The molecule has 6 nitrogen and oxygen atoms in total. The van der Waals surface area contributed by atoms with E-state index in [9.17, 15) is 10.1 Å². The molecule has 1 N–H and O–H groups in total. The fraction of sp³-hybridized carbons (Fsp3) is 0.320. The van der Waals surface area contributed by atoms with Crippen molar-refractivity contribution >= 4 is 27.6 Å². The van der Waals surface area contributed by atoms with Crippen molar-refractivity contribution in [3.05, 3.63) is 69.4 Å². The second-order valence-corrected chi connectivity index (χ2v) is 8.55. The lowest BCUT2D eigenvalue weighted by atomic mass is 9.74. The molecule has 0 spiro atoms. The number of benzene rings is 2. The van der Waals surface area contributed by atoms with Crippen molar-refractivity contribution in [1.29, 1.82) is 10.7 Å². The molecule has 2 aromatic rings. The molecule has 1 aliphatic carbocycles. The molecule has 2 aliphatic rings. The van der Waals surface area contributed by atoms with Gasteiger partial charge in [-0.3, -0.25) is 10.2 Å². The van der Waals surface area contributed by atoms with Gasteiger partial charge in [-0.05, 0) is 36.6 Å². The Morgan fingerprint density at radius 1 is 1.19 bits per heavy atom. The summed E-state index contributed by atoms with van der Waals surface area (Å²) >= 11 is 3.62. The van der Waals surface area contributed by atoms with Crippen LogP contribution in [0.1, 0.15) is 43.2 Å². The molecule has 0 fully saturated rings. The molecule has 164 valence electrons. The van der Waals surface area contributed by atoms with E-state index in [0.29, 0.717) is 65.3 Å². The summed E-state index contributed by atoms with van der Waals surface area (Å²) in [5.74, 6) is -0.0399. The summed E-state index contributed by atoms with van der Waals surface area (Å²) in [7, 11) is 0. The number of allylic oxidation sites excluding steroid dienone is 2. The zero-order valence-electron chi connectivity index (χ0n) is 17.7. The van der Waals surface area contributed by atoms with E-state index in [1.165, 1.54) is 0 Å². The highest BCUT2D eigenvalue weighted by Crippen LogP contribution is 2.47. The van der Waals surface area contributed by atoms with Crippen molar-refractivity contribution in [2.75, 3.05) is 6.61 Å². The van der Waals surface area contributed by atoms with Crippen LogP contribution < -0.4 is 9.47 Å². The molecule has 0 bridgehead atoms. The highest BCUT2D eigenvalue weighted by Gasteiger charge is 2.43. The Labute approximate surface area is 195 Å². The van der Waals surface area contributed by atoms with Crippen molar-refractivity contribution in [3.63, 3.8) is 0 Å². The molecule has 4 rings (SSSR count). The van der Waals surface area contributed by atoms with Crippen LogP contribution in [0, 0.1) is 22.7 Å². The van der Waals surface area contributed by atoms with Crippen molar-refractivity contribution in [2.45, 2.75) is 38.7 Å². The summed E-state index contributed by atoms with van der Waals surface area (Å²) in [6.45, 7) is 2.69. The number of hydrogen-bond donors (Lipinski definition) is 1. The average molecular weight is 495 g/mol. The fourth-order valence-corrected chi connectivity index (χ4v) is 4.74. The second kappa shape index (κ2) is 9.58. The quantitative estimate of drug-likeness (QED) is 0.558. The van der Waals surface area contributed by atoms with Gasteiger partial charge < -0.3 is 14.2 Å². The topological polar surface area (TPSA) is 92.4 Å². The number of nitriles is 1. The van der Waals surface area contributed by atoms with Gasteiger partial charge in [0.05, 0.1) is 12.7 Å². The van der Waals surface area contributed by atoms with Crippen LogP contribution >= 0.6 is 15.9 Å². The van der Waals surface area contributed by atoms with Crippen LogP contribution in [0.2, 0.25) is 0 Å². The summed E-state index contributed by atoms with van der Waals surface area (Å²) in [5, 5.41) is 18.1. The third-order valence-electron chi connectivity index (χ3n) is 5.64. The van der Waals surface area contributed by atoms with Gasteiger partial charge in [0, 0.05) is 28.8 Å². The Balaban J connectivity index is 1.76. The van der Waals surface area contributed by atoms with Crippen molar-refractivity contribution in [3.8, 4) is 17.6 Å². The molecule has 32 heavy (non-hydrogen) atoms. The number of carbonyl (C=O) groups excluding carboxylic acids is 1. The molecule has 1 aliphatic heterocycles. The first-order valence-corrected chi connectivity index (χ1v) is 11.4. The summed E-state index contributed by atoms with van der Waals surface area (Å²) in [6.07, 6.45) is 1.69. The number of ether oxygens (including phenoxy) is 3. The van der Waals surface area contributed by atoms with Crippen LogP contribution in [0.5, 0.6) is 11.5 Å². The lowest BCUT2D eigenvalue weighted by Gasteiger charge is -2.34. The second-order valence-electron chi connectivity index (χ2n) is 7.69. The Morgan fingerprint density at radius 3 is 2.66 bits per heavy atom. The van der Waals surface area contributed by atoms with E-state index in [2.05, 4.69) is 22.0 Å². The largest absolute Gasteiger partial charge is 0.490 e. The summed E-state index contributed by atoms with van der Waals surface area (Å²) in [4.78, 5) is 12.8. The fourth-order valence-electron chi connectivity index (χ4n) is 4.18. The summed E-state index contributed by atoms with van der Waals surface area (Å²) < 4.78 is 18.2. The SMILES string of the molecule is CCOc1cc(C2C3=C(CCCC3=O)OC(=N)C2C#N)c(Br)cc1OCc1ccccc1. The standard InChI is InChI=1S/C25H23BrN2O4/c1-2-30-21-11-16(18(26)12-22(21)31-14-15-7-4-3-5-8-15)23-17(13-27)25(28)32-20-10-6-9-19(29)24(20)23/h3-5,7-8,11-12,17,23,28H,2,6,9-10,14H2,1H3. The Hall–Kier alpha value is -3.11. The van der Waals surface area contributed by atoms with Gasteiger partial charge in [0.1, 0.15) is 18.3 Å². The lowest BCUT2D eigenvalue weighted by molar-refractivity contribution is -0.116. The van der Waals surface area contributed by atoms with E-state index in [1.807, 2.05) is 49.4 Å². The zero-order valence-corrected chi connectivity index (χ0v) is 19.3. The summed E-state index contributed by atoms with van der Waals surface area (Å²) in [5.41, 5.74) is 2.24. The predicted octanol–water partition coefficient (Wildman–Crippen LogP) is 5.66. The smallest absolute Gasteiger partial charge is 0.205 e. The van der Waals surface area contributed by atoms with Crippen molar-refractivity contribution < 1.29 is 19.0 Å². The van der Waals surface area contributed by atoms with Gasteiger partial charge in [0.25, 0.3) is 0 Å². The number of Topliss-reactive ketones (excluding diaryl/α,β-unsaturated/α-hetero) is 1. The number of carbonyl (C=O) groups is 1. The maximum absolute atomic E-state index is 12.8. The van der Waals surface area contributed by atoms with Gasteiger partial charge in [-0.1, -0.05) is 46.3 Å². The van der Waals surface area contributed by atoms with Gasteiger partial charge >= 0.3 is 0 Å². The molecule has 2 aromatic carbocycles. The van der Waals surface area contributed by atoms with E-state index in [0.717, 1.165) is 5.56 Å². The van der Waals surface area contributed by atoms with Gasteiger partial charge in [-0.15, -0.1) is 0 Å². The van der Waals surface area contributed by atoms with E-state index >= 15 is 0 Å². The Kier molecular flexibility index (Phi) is 6.61. The van der Waals surface area contributed by atoms with Crippen LogP contribution in [0.25, 0.3) is 0 Å². The number of nitrogens with one attached hydrogen (secondary N) is 1. The molecule has 0 aromatic heterocycles. The number of hydrogen-bond acceptors (Lipinski definition) is 6. The van der Waals surface area contributed by atoms with Crippen LogP contribution in [-0.2, 0) is 16.1 Å². The molecule has 1 heterocycles. The third-order valence-corrected chi connectivity index (χ3v) is 6.33. The predicted molar refractivity (Wildman–Crippen MR) is 123 cm³/mol. The van der Waals surface area contributed by atoms with E-state index in [-0.39, 0.29) is 11.7 Å². The molecule has 0 radical (unpaired) electrons. The van der Waals surface area contributed by atoms with Gasteiger partial charge in [0.2, 0.25) is 5.90 Å². The van der Waals surface area contributed by atoms with Gasteiger partial charge in [0.15, 0.2) is 17.3 Å². The normalized spacial score (nSPS) is 20.3. The van der Waals surface area contributed by atoms with E-state index in [4.69, 9.17) is 19.6 Å². The molecule has 0 amide bonds. The minimum absolute atomic E-state index is 0.0294. The number of ketones is 1. The maximum atomic E-state index is 12.8. The molecular weight excluding hydrogens is 472 g/mol. The number of nitrogens with zero attached hydrogens (tertiary/aromatic N) is 1. The van der Waals surface area contributed by atoms with Gasteiger partial charge in [-0.2, -0.15) is 5.26 Å². The van der Waals surface area contributed by atoms with E-state index < -0.39 is 11.8 Å². The molecule has 2 atom stereocenters.